The zero-order valence-electron chi connectivity index (χ0n) is 11.2. The van der Waals surface area contributed by atoms with Crippen molar-refractivity contribution in [3.8, 4) is 0 Å². The minimum atomic E-state index is -0.0269. The number of hydrogen-bond acceptors (Lipinski definition) is 3. The van der Waals surface area contributed by atoms with E-state index in [1.54, 1.807) is 4.68 Å². The Bertz CT molecular complexity index is 504. The number of rotatable bonds is 3. The number of nitrogens with two attached hydrogens (primary N) is 1. The van der Waals surface area contributed by atoms with Crippen LogP contribution in [0.5, 0.6) is 0 Å². The molecule has 4 bridgehead atoms. The van der Waals surface area contributed by atoms with Gasteiger partial charge < -0.3 is 5.73 Å². The maximum Gasteiger partial charge on any atom is 0.343 e. The van der Waals surface area contributed by atoms with E-state index in [-0.39, 0.29) is 5.69 Å². The van der Waals surface area contributed by atoms with E-state index in [1.807, 2.05) is 0 Å². The minimum Gasteiger partial charge on any atom is -0.330 e. The van der Waals surface area contributed by atoms with Gasteiger partial charge in [-0.2, -0.15) is 5.10 Å². The third-order valence-corrected chi connectivity index (χ3v) is 5.53. The molecule has 0 radical (unpaired) electrons. The SMILES string of the molecule is NCCc1nn(C2C3CC4CC(C3)CC2C4)c(=O)[nH]1. The second kappa shape index (κ2) is 4.20. The van der Waals surface area contributed by atoms with E-state index in [0.717, 1.165) is 17.7 Å². The highest BCUT2D eigenvalue weighted by Crippen LogP contribution is 2.57. The van der Waals surface area contributed by atoms with Crippen LogP contribution in [0.25, 0.3) is 0 Å². The first kappa shape index (κ1) is 11.7. The van der Waals surface area contributed by atoms with Crippen molar-refractivity contribution in [1.82, 2.24) is 14.8 Å². The fraction of sp³-hybridized carbons (Fsp3) is 0.857. The summed E-state index contributed by atoms with van der Waals surface area (Å²) >= 11 is 0. The quantitative estimate of drug-likeness (QED) is 0.855. The van der Waals surface area contributed by atoms with Gasteiger partial charge in [-0.15, -0.1) is 0 Å². The van der Waals surface area contributed by atoms with Crippen molar-refractivity contribution in [3.63, 3.8) is 0 Å². The third kappa shape index (κ3) is 1.78. The van der Waals surface area contributed by atoms with Gasteiger partial charge in [-0.1, -0.05) is 0 Å². The Kier molecular flexibility index (Phi) is 2.59. The Morgan fingerprint density at radius 2 is 1.79 bits per heavy atom. The van der Waals surface area contributed by atoms with Gasteiger partial charge in [0.05, 0.1) is 6.04 Å². The van der Waals surface area contributed by atoms with Crippen molar-refractivity contribution in [3.05, 3.63) is 16.3 Å². The summed E-state index contributed by atoms with van der Waals surface area (Å²) in [4.78, 5) is 15.0. The monoisotopic (exact) mass is 262 g/mol. The van der Waals surface area contributed by atoms with Gasteiger partial charge in [0.2, 0.25) is 0 Å². The molecule has 0 aromatic carbocycles. The Balaban J connectivity index is 1.67. The summed E-state index contributed by atoms with van der Waals surface area (Å²) in [7, 11) is 0. The molecule has 1 aromatic heterocycles. The number of nitrogens with one attached hydrogen (secondary N) is 1. The van der Waals surface area contributed by atoms with Crippen molar-refractivity contribution in [2.45, 2.75) is 44.6 Å². The highest BCUT2D eigenvalue weighted by atomic mass is 16.2. The molecule has 4 saturated carbocycles. The second-order valence-corrected chi connectivity index (χ2v) is 6.78. The molecule has 3 N–H and O–H groups in total. The van der Waals surface area contributed by atoms with Gasteiger partial charge in [0.25, 0.3) is 0 Å². The van der Waals surface area contributed by atoms with Crippen LogP contribution < -0.4 is 11.4 Å². The van der Waals surface area contributed by atoms with Crippen molar-refractivity contribution < 1.29 is 0 Å². The first-order valence-electron chi connectivity index (χ1n) is 7.62. The summed E-state index contributed by atoms with van der Waals surface area (Å²) in [6, 6.07) is 0.350. The molecule has 4 fully saturated rings. The fourth-order valence-electron chi connectivity index (χ4n) is 5.13. The van der Waals surface area contributed by atoms with Crippen LogP contribution in [0.1, 0.15) is 44.0 Å². The van der Waals surface area contributed by atoms with E-state index in [2.05, 4.69) is 10.1 Å². The standard InChI is InChI=1S/C14H22N4O/c15-2-1-12-16-14(19)18(17-12)13-10-4-8-3-9(6-10)7-11(13)5-8/h8-11,13H,1-7,15H2,(H,16,17,19). The van der Waals surface area contributed by atoms with E-state index >= 15 is 0 Å². The molecule has 5 nitrogen and oxygen atoms in total. The van der Waals surface area contributed by atoms with E-state index in [1.165, 1.54) is 32.1 Å². The predicted molar refractivity (Wildman–Crippen MR) is 71.7 cm³/mol. The summed E-state index contributed by atoms with van der Waals surface area (Å²) in [6.45, 7) is 0.536. The highest BCUT2D eigenvalue weighted by molar-refractivity contribution is 5.01. The number of aromatic amines is 1. The second-order valence-electron chi connectivity index (χ2n) is 6.78. The maximum atomic E-state index is 12.1. The highest BCUT2D eigenvalue weighted by Gasteiger charge is 2.49. The number of nitrogens with zero attached hydrogens (tertiary/aromatic N) is 2. The number of hydrogen-bond donors (Lipinski definition) is 2. The first-order valence-corrected chi connectivity index (χ1v) is 7.62. The van der Waals surface area contributed by atoms with Crippen molar-refractivity contribution in [2.24, 2.45) is 29.4 Å². The van der Waals surface area contributed by atoms with Crippen LogP contribution in [-0.2, 0) is 6.42 Å². The van der Waals surface area contributed by atoms with Crippen LogP contribution in [0.3, 0.4) is 0 Å². The lowest BCUT2D eigenvalue weighted by molar-refractivity contribution is -0.0351. The first-order chi connectivity index (χ1) is 9.24. The van der Waals surface area contributed by atoms with Gasteiger partial charge in [-0.25, -0.2) is 9.48 Å². The Morgan fingerprint density at radius 3 is 2.37 bits per heavy atom. The lowest BCUT2D eigenvalue weighted by Crippen LogP contribution is -2.48. The molecule has 5 heteroatoms. The predicted octanol–water partition coefficient (Wildman–Crippen LogP) is 1.07. The zero-order valence-corrected chi connectivity index (χ0v) is 11.2. The lowest BCUT2D eigenvalue weighted by Gasteiger charge is -2.53. The summed E-state index contributed by atoms with van der Waals surface area (Å²) in [5, 5.41) is 4.51. The van der Waals surface area contributed by atoms with Crippen LogP contribution in [-0.4, -0.2) is 21.3 Å². The summed E-state index contributed by atoms with van der Waals surface area (Å²) in [6.07, 6.45) is 7.34. The molecule has 0 aliphatic heterocycles. The molecule has 1 heterocycles. The van der Waals surface area contributed by atoms with E-state index in [9.17, 15) is 4.79 Å². The van der Waals surface area contributed by atoms with Gasteiger partial charge >= 0.3 is 5.69 Å². The summed E-state index contributed by atoms with van der Waals surface area (Å²) in [5.41, 5.74) is 5.52. The topological polar surface area (TPSA) is 76.7 Å². The van der Waals surface area contributed by atoms with E-state index < -0.39 is 0 Å². The Hall–Kier alpha value is -1.10. The molecule has 0 unspecified atom stereocenters. The summed E-state index contributed by atoms with van der Waals surface area (Å²) in [5.74, 6) is 3.97. The third-order valence-electron chi connectivity index (χ3n) is 5.53. The van der Waals surface area contributed by atoms with Crippen LogP contribution in [0, 0.1) is 23.7 Å². The molecular weight excluding hydrogens is 240 g/mol. The van der Waals surface area contributed by atoms with Crippen molar-refractivity contribution >= 4 is 0 Å². The Labute approximate surface area is 112 Å². The van der Waals surface area contributed by atoms with Crippen molar-refractivity contribution in [1.29, 1.82) is 0 Å². The fourth-order valence-corrected chi connectivity index (χ4v) is 5.13. The van der Waals surface area contributed by atoms with Gasteiger partial charge in [-0.3, -0.25) is 4.98 Å². The van der Waals surface area contributed by atoms with Gasteiger partial charge in [-0.05, 0) is 62.3 Å². The largest absolute Gasteiger partial charge is 0.343 e. The van der Waals surface area contributed by atoms with Crippen LogP contribution in [0.4, 0.5) is 0 Å². The zero-order chi connectivity index (χ0) is 13.0. The molecule has 4 aliphatic carbocycles. The average Bonchev–Trinajstić information content (AvgIpc) is 2.69. The average molecular weight is 262 g/mol. The van der Waals surface area contributed by atoms with Gasteiger partial charge in [0, 0.05) is 6.42 Å². The summed E-state index contributed by atoms with van der Waals surface area (Å²) < 4.78 is 1.76. The van der Waals surface area contributed by atoms with Gasteiger partial charge in [0.15, 0.2) is 0 Å². The molecule has 104 valence electrons. The molecule has 0 saturated heterocycles. The van der Waals surface area contributed by atoms with E-state index in [4.69, 9.17) is 5.73 Å². The minimum absolute atomic E-state index is 0.0269. The molecule has 0 amide bonds. The molecule has 0 atom stereocenters. The normalized spacial score (nSPS) is 39.9. The van der Waals surface area contributed by atoms with Crippen LogP contribution in [0.15, 0.2) is 4.79 Å². The van der Waals surface area contributed by atoms with Crippen LogP contribution >= 0.6 is 0 Å². The molecular formula is C14H22N4O. The van der Waals surface area contributed by atoms with Crippen LogP contribution in [0.2, 0.25) is 0 Å². The smallest absolute Gasteiger partial charge is 0.330 e. The van der Waals surface area contributed by atoms with Crippen molar-refractivity contribution in [2.75, 3.05) is 6.54 Å². The number of H-pyrrole nitrogens is 1. The molecule has 4 aliphatic rings. The molecule has 0 spiro atoms. The van der Waals surface area contributed by atoms with E-state index in [0.29, 0.717) is 30.8 Å². The Morgan fingerprint density at radius 1 is 1.16 bits per heavy atom. The maximum absolute atomic E-state index is 12.1. The molecule has 1 aromatic rings. The van der Waals surface area contributed by atoms with Gasteiger partial charge in [0.1, 0.15) is 5.82 Å². The molecule has 19 heavy (non-hydrogen) atoms. The molecule has 5 rings (SSSR count). The number of aromatic nitrogens is 3. The lowest BCUT2D eigenvalue weighted by atomic mass is 9.54.